The fourth-order valence-corrected chi connectivity index (χ4v) is 3.60. The second-order valence-electron chi connectivity index (χ2n) is 7.50. The molecule has 0 atom stereocenters. The molecular weight excluding hydrogens is 454 g/mol. The third-order valence-corrected chi connectivity index (χ3v) is 5.24. The number of benzene rings is 3. The Kier molecular flexibility index (Phi) is 7.81. The van der Waals surface area contributed by atoms with E-state index in [1.807, 2.05) is 49.4 Å². The molecule has 1 aromatic heterocycles. The summed E-state index contributed by atoms with van der Waals surface area (Å²) in [6.45, 7) is 2.11. The van der Waals surface area contributed by atoms with E-state index in [-0.39, 0.29) is 24.9 Å². The van der Waals surface area contributed by atoms with E-state index in [0.717, 1.165) is 22.2 Å². The molecular formula is C26H26ClN3O4. The Hall–Kier alpha value is -3.97. The summed E-state index contributed by atoms with van der Waals surface area (Å²) in [4.78, 5) is 17.5. The zero-order valence-corrected chi connectivity index (χ0v) is 19.9. The van der Waals surface area contributed by atoms with Gasteiger partial charge in [0.05, 0.1) is 19.7 Å². The molecule has 0 aliphatic rings. The van der Waals surface area contributed by atoms with Gasteiger partial charge in [-0.2, -0.15) is 0 Å². The first-order chi connectivity index (χ1) is 16.0. The maximum Gasteiger partial charge on any atom is 0.256 e. The molecule has 0 fully saturated rings. The van der Waals surface area contributed by atoms with Gasteiger partial charge in [-0.25, -0.2) is 0 Å². The molecule has 4 rings (SSSR count). The van der Waals surface area contributed by atoms with Gasteiger partial charge in [0, 0.05) is 39.6 Å². The van der Waals surface area contributed by atoms with Crippen LogP contribution in [0.15, 0.2) is 66.7 Å². The van der Waals surface area contributed by atoms with Crippen molar-refractivity contribution < 1.29 is 19.0 Å². The van der Waals surface area contributed by atoms with E-state index in [4.69, 9.17) is 19.9 Å². The number of rotatable bonds is 7. The number of nitrogens with two attached hydrogens (primary N) is 1. The zero-order chi connectivity index (χ0) is 23.4. The number of nitrogens with one attached hydrogen (secondary N) is 1. The molecule has 8 heteroatoms. The SMILES string of the molecule is COc1ccc(OCc2ccccc2C(=O)Nc2ccc3nc(C)cc(N)c3c2)cc1OC.Cl. The van der Waals surface area contributed by atoms with Gasteiger partial charge in [-0.15, -0.1) is 12.4 Å². The number of fused-ring (bicyclic) bond motifs is 1. The lowest BCUT2D eigenvalue weighted by Gasteiger charge is -2.13. The fourth-order valence-electron chi connectivity index (χ4n) is 3.60. The van der Waals surface area contributed by atoms with E-state index in [0.29, 0.717) is 34.2 Å². The summed E-state index contributed by atoms with van der Waals surface area (Å²) in [6, 6.07) is 19.9. The van der Waals surface area contributed by atoms with Gasteiger partial charge in [0.2, 0.25) is 0 Å². The number of methoxy groups -OCH3 is 2. The zero-order valence-electron chi connectivity index (χ0n) is 19.1. The van der Waals surface area contributed by atoms with Gasteiger partial charge >= 0.3 is 0 Å². The van der Waals surface area contributed by atoms with Crippen LogP contribution in [-0.4, -0.2) is 25.1 Å². The highest BCUT2D eigenvalue weighted by atomic mass is 35.5. The van der Waals surface area contributed by atoms with Crippen LogP contribution >= 0.6 is 12.4 Å². The topological polar surface area (TPSA) is 95.7 Å². The van der Waals surface area contributed by atoms with E-state index in [9.17, 15) is 4.79 Å². The van der Waals surface area contributed by atoms with Crippen LogP contribution in [0.2, 0.25) is 0 Å². The molecule has 0 spiro atoms. The number of carbonyl (C=O) groups is 1. The van der Waals surface area contributed by atoms with Crippen molar-refractivity contribution in [3.8, 4) is 17.2 Å². The summed E-state index contributed by atoms with van der Waals surface area (Å²) >= 11 is 0. The van der Waals surface area contributed by atoms with E-state index in [1.54, 1.807) is 38.5 Å². The Labute approximate surface area is 204 Å². The molecule has 176 valence electrons. The Bertz CT molecular complexity index is 1330. The second-order valence-corrected chi connectivity index (χ2v) is 7.50. The standard InChI is InChI=1S/C26H25N3O4.ClH/c1-16-12-22(27)21-13-18(8-10-23(21)28-16)29-26(30)20-7-5-4-6-17(20)15-33-19-9-11-24(31-2)25(14-19)32-3;/h4-14H,15H2,1-3H3,(H2,27,28)(H,29,30);1H. The Morgan fingerprint density at radius 1 is 0.971 bits per heavy atom. The number of aromatic nitrogens is 1. The summed E-state index contributed by atoms with van der Waals surface area (Å²) in [6.07, 6.45) is 0. The normalized spacial score (nSPS) is 10.3. The van der Waals surface area contributed by atoms with Crippen LogP contribution in [0.4, 0.5) is 11.4 Å². The number of aryl methyl sites for hydroxylation is 1. The molecule has 7 nitrogen and oxygen atoms in total. The molecule has 0 radical (unpaired) electrons. The van der Waals surface area contributed by atoms with Crippen molar-refractivity contribution in [3.05, 3.63) is 83.6 Å². The van der Waals surface area contributed by atoms with Crippen LogP contribution in [0.5, 0.6) is 17.2 Å². The first kappa shape index (κ1) is 24.7. The molecule has 0 aliphatic heterocycles. The number of amides is 1. The van der Waals surface area contributed by atoms with Gasteiger partial charge in [-0.3, -0.25) is 9.78 Å². The number of hydrogen-bond donors (Lipinski definition) is 2. The molecule has 4 aromatic rings. The van der Waals surface area contributed by atoms with Gasteiger partial charge < -0.3 is 25.3 Å². The van der Waals surface area contributed by atoms with Gasteiger partial charge in [-0.05, 0) is 49.4 Å². The maximum absolute atomic E-state index is 13.1. The summed E-state index contributed by atoms with van der Waals surface area (Å²) < 4.78 is 16.5. The number of halogens is 1. The van der Waals surface area contributed by atoms with Gasteiger partial charge in [0.25, 0.3) is 5.91 Å². The van der Waals surface area contributed by atoms with Crippen LogP contribution in [0.25, 0.3) is 10.9 Å². The monoisotopic (exact) mass is 479 g/mol. The number of ether oxygens (including phenoxy) is 3. The minimum absolute atomic E-state index is 0. The lowest BCUT2D eigenvalue weighted by Crippen LogP contribution is -2.15. The molecule has 0 saturated carbocycles. The first-order valence-corrected chi connectivity index (χ1v) is 10.4. The van der Waals surface area contributed by atoms with E-state index in [2.05, 4.69) is 10.3 Å². The largest absolute Gasteiger partial charge is 0.493 e. The Morgan fingerprint density at radius 3 is 2.50 bits per heavy atom. The van der Waals surface area contributed by atoms with Crippen LogP contribution in [0, 0.1) is 6.92 Å². The molecule has 0 saturated heterocycles. The van der Waals surface area contributed by atoms with Crippen LogP contribution in [0.1, 0.15) is 21.6 Å². The minimum atomic E-state index is -0.237. The summed E-state index contributed by atoms with van der Waals surface area (Å²) in [5.74, 6) is 1.56. The number of pyridine rings is 1. The highest BCUT2D eigenvalue weighted by Crippen LogP contribution is 2.31. The van der Waals surface area contributed by atoms with Crippen molar-refractivity contribution in [2.75, 3.05) is 25.3 Å². The van der Waals surface area contributed by atoms with Crippen LogP contribution in [0.3, 0.4) is 0 Å². The number of anilines is 2. The number of nitrogen functional groups attached to an aromatic ring is 1. The lowest BCUT2D eigenvalue weighted by molar-refractivity contribution is 0.102. The molecule has 3 N–H and O–H groups in total. The van der Waals surface area contributed by atoms with E-state index < -0.39 is 0 Å². The first-order valence-electron chi connectivity index (χ1n) is 10.4. The minimum Gasteiger partial charge on any atom is -0.493 e. The summed E-state index contributed by atoms with van der Waals surface area (Å²) in [7, 11) is 3.15. The predicted octanol–water partition coefficient (Wildman–Crippen LogP) is 5.40. The second kappa shape index (κ2) is 10.8. The van der Waals surface area contributed by atoms with Crippen molar-refractivity contribution >= 4 is 40.6 Å². The van der Waals surface area contributed by atoms with Gasteiger partial charge in [0.1, 0.15) is 12.4 Å². The van der Waals surface area contributed by atoms with Gasteiger partial charge in [0.15, 0.2) is 11.5 Å². The fraction of sp³-hybridized carbons (Fsp3) is 0.154. The van der Waals surface area contributed by atoms with E-state index >= 15 is 0 Å². The predicted molar refractivity (Wildman–Crippen MR) is 136 cm³/mol. The molecule has 0 bridgehead atoms. The molecule has 3 aromatic carbocycles. The number of carbonyl (C=O) groups excluding carboxylic acids is 1. The smallest absolute Gasteiger partial charge is 0.256 e. The maximum atomic E-state index is 13.1. The number of hydrogen-bond acceptors (Lipinski definition) is 6. The third kappa shape index (κ3) is 5.32. The van der Waals surface area contributed by atoms with Gasteiger partial charge in [-0.1, -0.05) is 18.2 Å². The van der Waals surface area contributed by atoms with Crippen molar-refractivity contribution in [2.24, 2.45) is 0 Å². The van der Waals surface area contributed by atoms with Crippen LogP contribution in [-0.2, 0) is 6.61 Å². The highest BCUT2D eigenvalue weighted by Gasteiger charge is 2.13. The molecule has 0 aliphatic carbocycles. The summed E-state index contributed by atoms with van der Waals surface area (Å²) in [5, 5.41) is 3.74. The lowest BCUT2D eigenvalue weighted by atomic mass is 10.1. The Balaban J connectivity index is 0.00000324. The van der Waals surface area contributed by atoms with Crippen LogP contribution < -0.4 is 25.3 Å². The van der Waals surface area contributed by atoms with Crippen molar-refractivity contribution in [2.45, 2.75) is 13.5 Å². The molecule has 0 unspecified atom stereocenters. The number of nitrogens with zero attached hydrogens (tertiary/aromatic N) is 1. The van der Waals surface area contributed by atoms with Crippen molar-refractivity contribution in [1.29, 1.82) is 0 Å². The summed E-state index contributed by atoms with van der Waals surface area (Å²) in [5.41, 5.74) is 10.3. The third-order valence-electron chi connectivity index (χ3n) is 5.24. The quantitative estimate of drug-likeness (QED) is 0.368. The highest BCUT2D eigenvalue weighted by molar-refractivity contribution is 6.06. The average Bonchev–Trinajstić information content (AvgIpc) is 2.83. The van der Waals surface area contributed by atoms with Crippen molar-refractivity contribution in [3.63, 3.8) is 0 Å². The van der Waals surface area contributed by atoms with E-state index in [1.165, 1.54) is 0 Å². The van der Waals surface area contributed by atoms with Crippen molar-refractivity contribution in [1.82, 2.24) is 4.98 Å². The average molecular weight is 480 g/mol. The Morgan fingerprint density at radius 2 is 1.74 bits per heavy atom. The molecule has 1 heterocycles. The molecule has 34 heavy (non-hydrogen) atoms. The molecule has 1 amide bonds.